The fourth-order valence-corrected chi connectivity index (χ4v) is 2.85. The Hall–Kier alpha value is -2.74. The molecule has 1 amide bonds. The fourth-order valence-electron chi connectivity index (χ4n) is 2.34. The first-order valence-corrected chi connectivity index (χ1v) is 9.34. The molecule has 8 heteroatoms. The van der Waals surface area contributed by atoms with Gasteiger partial charge in [0, 0.05) is 5.56 Å². The van der Waals surface area contributed by atoms with E-state index in [1.54, 1.807) is 12.1 Å². The van der Waals surface area contributed by atoms with Crippen molar-refractivity contribution in [3.05, 3.63) is 45.9 Å². The van der Waals surface area contributed by atoms with Crippen molar-refractivity contribution >= 4 is 28.1 Å². The molecule has 0 fully saturated rings. The van der Waals surface area contributed by atoms with Crippen LogP contribution in [0.2, 0.25) is 0 Å². The quantitative estimate of drug-likeness (QED) is 0.471. The third-order valence-corrected chi connectivity index (χ3v) is 4.51. The van der Waals surface area contributed by atoms with Gasteiger partial charge >= 0.3 is 0 Å². The topological polar surface area (TPSA) is 89.4 Å². The number of amides is 1. The van der Waals surface area contributed by atoms with Crippen LogP contribution in [0.3, 0.4) is 0 Å². The third-order valence-electron chi connectivity index (χ3n) is 3.89. The molecule has 0 unspecified atom stereocenters. The SMILES string of the molecule is COc1cc(/C=N/NC(=O)COc2ccc(C(C)C)cc2Br)cc(OC)c1O. The second-order valence-electron chi connectivity index (χ2n) is 6.20. The molecule has 2 aromatic carbocycles. The molecule has 0 saturated carbocycles. The smallest absolute Gasteiger partial charge is 0.277 e. The Balaban J connectivity index is 1.94. The Morgan fingerprint density at radius 2 is 1.82 bits per heavy atom. The molecule has 0 spiro atoms. The average Bonchev–Trinajstić information content (AvgIpc) is 2.67. The van der Waals surface area contributed by atoms with E-state index < -0.39 is 5.91 Å². The highest BCUT2D eigenvalue weighted by Crippen LogP contribution is 2.36. The molecule has 2 aromatic rings. The maximum absolute atomic E-state index is 11.9. The standard InChI is InChI=1S/C20H23BrN2O5/c1-12(2)14-5-6-16(15(21)9-14)28-11-19(24)23-22-10-13-7-17(26-3)20(25)18(8-13)27-4/h5-10,12,25H,11H2,1-4H3,(H,23,24)/b22-10+. The third kappa shape index (κ3) is 5.63. The Morgan fingerprint density at radius 3 is 2.36 bits per heavy atom. The Bertz CT molecular complexity index is 843. The molecule has 0 heterocycles. The molecule has 0 atom stereocenters. The monoisotopic (exact) mass is 450 g/mol. The van der Waals surface area contributed by atoms with Crippen LogP contribution >= 0.6 is 15.9 Å². The summed E-state index contributed by atoms with van der Waals surface area (Å²) in [4.78, 5) is 11.9. The number of carbonyl (C=O) groups is 1. The van der Waals surface area contributed by atoms with Gasteiger partial charge in [0.15, 0.2) is 18.1 Å². The minimum Gasteiger partial charge on any atom is -0.502 e. The highest BCUT2D eigenvalue weighted by Gasteiger charge is 2.11. The molecular weight excluding hydrogens is 428 g/mol. The van der Waals surface area contributed by atoms with Crippen LogP contribution in [0.25, 0.3) is 0 Å². The number of hydrogen-bond acceptors (Lipinski definition) is 6. The van der Waals surface area contributed by atoms with E-state index in [9.17, 15) is 9.90 Å². The van der Waals surface area contributed by atoms with Crippen molar-refractivity contribution in [1.82, 2.24) is 5.43 Å². The Labute approximate surface area is 172 Å². The molecule has 0 radical (unpaired) electrons. The number of methoxy groups -OCH3 is 2. The van der Waals surface area contributed by atoms with Crippen molar-refractivity contribution in [3.63, 3.8) is 0 Å². The Kier molecular flexibility index (Phi) is 7.69. The lowest BCUT2D eigenvalue weighted by Gasteiger charge is -2.11. The molecule has 0 aliphatic heterocycles. The van der Waals surface area contributed by atoms with E-state index in [0.717, 1.165) is 4.47 Å². The number of ether oxygens (including phenoxy) is 3. The normalized spacial score (nSPS) is 10.9. The summed E-state index contributed by atoms with van der Waals surface area (Å²) in [6.45, 7) is 4.03. The van der Waals surface area contributed by atoms with Crippen LogP contribution in [0, 0.1) is 0 Å². The van der Waals surface area contributed by atoms with Gasteiger partial charge in [-0.2, -0.15) is 5.10 Å². The highest BCUT2D eigenvalue weighted by atomic mass is 79.9. The number of hydrazone groups is 1. The first-order valence-electron chi connectivity index (χ1n) is 8.54. The molecule has 150 valence electrons. The lowest BCUT2D eigenvalue weighted by molar-refractivity contribution is -0.123. The molecular formula is C20H23BrN2O5. The van der Waals surface area contributed by atoms with Crippen LogP contribution in [0.15, 0.2) is 39.9 Å². The van der Waals surface area contributed by atoms with Gasteiger partial charge in [-0.1, -0.05) is 19.9 Å². The van der Waals surface area contributed by atoms with Crippen molar-refractivity contribution in [2.24, 2.45) is 5.10 Å². The van der Waals surface area contributed by atoms with E-state index in [0.29, 0.717) is 17.2 Å². The van der Waals surface area contributed by atoms with Crippen molar-refractivity contribution in [2.75, 3.05) is 20.8 Å². The number of phenolic OH excluding ortho intramolecular Hbond substituents is 1. The molecule has 0 saturated heterocycles. The van der Waals surface area contributed by atoms with Gasteiger partial charge in [-0.15, -0.1) is 0 Å². The van der Waals surface area contributed by atoms with Crippen LogP contribution in [-0.2, 0) is 4.79 Å². The summed E-state index contributed by atoms with van der Waals surface area (Å²) < 4.78 is 16.5. The van der Waals surface area contributed by atoms with Crippen LogP contribution < -0.4 is 19.6 Å². The summed E-state index contributed by atoms with van der Waals surface area (Å²) in [5, 5.41) is 13.8. The maximum atomic E-state index is 11.9. The van der Waals surface area contributed by atoms with Gasteiger partial charge in [-0.25, -0.2) is 5.43 Å². The van der Waals surface area contributed by atoms with Gasteiger partial charge in [0.25, 0.3) is 5.91 Å². The van der Waals surface area contributed by atoms with Crippen molar-refractivity contribution in [2.45, 2.75) is 19.8 Å². The predicted octanol–water partition coefficient (Wildman–Crippen LogP) is 3.82. The van der Waals surface area contributed by atoms with Crippen LogP contribution in [0.5, 0.6) is 23.0 Å². The largest absolute Gasteiger partial charge is 0.502 e. The maximum Gasteiger partial charge on any atom is 0.277 e. The number of carbonyl (C=O) groups excluding carboxylic acids is 1. The molecule has 0 aliphatic carbocycles. The fraction of sp³-hybridized carbons (Fsp3) is 0.300. The lowest BCUT2D eigenvalue weighted by atomic mass is 10.0. The summed E-state index contributed by atoms with van der Waals surface area (Å²) in [6.07, 6.45) is 1.41. The molecule has 0 bridgehead atoms. The molecule has 0 aromatic heterocycles. The molecule has 7 nitrogen and oxygen atoms in total. The van der Waals surface area contributed by atoms with E-state index in [2.05, 4.69) is 40.3 Å². The zero-order valence-corrected chi connectivity index (χ0v) is 17.7. The minimum atomic E-state index is -0.409. The molecule has 2 N–H and O–H groups in total. The zero-order chi connectivity index (χ0) is 20.7. The number of benzene rings is 2. The lowest BCUT2D eigenvalue weighted by Crippen LogP contribution is -2.24. The van der Waals surface area contributed by atoms with Gasteiger partial charge in [-0.05, 0) is 51.7 Å². The number of halogens is 1. The van der Waals surface area contributed by atoms with E-state index >= 15 is 0 Å². The van der Waals surface area contributed by atoms with Gasteiger partial charge in [-0.3, -0.25) is 4.79 Å². The van der Waals surface area contributed by atoms with E-state index in [1.165, 1.54) is 26.0 Å². The predicted molar refractivity (Wildman–Crippen MR) is 111 cm³/mol. The van der Waals surface area contributed by atoms with Gasteiger partial charge in [0.2, 0.25) is 5.75 Å². The molecule has 0 aliphatic rings. The second-order valence-corrected chi connectivity index (χ2v) is 7.05. The minimum absolute atomic E-state index is 0.103. The number of phenols is 1. The zero-order valence-electron chi connectivity index (χ0n) is 16.2. The van der Waals surface area contributed by atoms with E-state index in [1.807, 2.05) is 18.2 Å². The van der Waals surface area contributed by atoms with Crippen molar-refractivity contribution < 1.29 is 24.1 Å². The summed E-state index contributed by atoms with van der Waals surface area (Å²) in [7, 11) is 2.86. The van der Waals surface area contributed by atoms with Gasteiger partial charge in [0.1, 0.15) is 5.75 Å². The number of rotatable bonds is 8. The first-order chi connectivity index (χ1) is 13.3. The van der Waals surface area contributed by atoms with Crippen molar-refractivity contribution in [1.29, 1.82) is 0 Å². The van der Waals surface area contributed by atoms with Gasteiger partial charge in [0.05, 0.1) is 24.9 Å². The van der Waals surface area contributed by atoms with Crippen molar-refractivity contribution in [3.8, 4) is 23.0 Å². The number of hydrogen-bond donors (Lipinski definition) is 2. The summed E-state index contributed by atoms with van der Waals surface area (Å²) in [6, 6.07) is 8.90. The first kappa shape index (κ1) is 21.6. The van der Waals surface area contributed by atoms with Crippen LogP contribution in [-0.4, -0.2) is 38.1 Å². The van der Waals surface area contributed by atoms with E-state index in [4.69, 9.17) is 14.2 Å². The second kappa shape index (κ2) is 9.98. The van der Waals surface area contributed by atoms with Crippen LogP contribution in [0.4, 0.5) is 0 Å². The van der Waals surface area contributed by atoms with Gasteiger partial charge < -0.3 is 19.3 Å². The molecule has 2 rings (SSSR count). The van der Waals surface area contributed by atoms with E-state index in [-0.39, 0.29) is 23.9 Å². The number of nitrogens with one attached hydrogen (secondary N) is 1. The number of nitrogens with zero attached hydrogens (tertiary/aromatic N) is 1. The summed E-state index contributed by atoms with van der Waals surface area (Å²) in [5.41, 5.74) is 4.14. The Morgan fingerprint density at radius 1 is 1.18 bits per heavy atom. The number of aromatic hydroxyl groups is 1. The summed E-state index contributed by atoms with van der Waals surface area (Å²) >= 11 is 3.45. The molecule has 28 heavy (non-hydrogen) atoms. The van der Waals surface area contributed by atoms with Crippen LogP contribution in [0.1, 0.15) is 30.9 Å². The highest BCUT2D eigenvalue weighted by molar-refractivity contribution is 9.10. The summed E-state index contributed by atoms with van der Waals surface area (Å²) in [5.74, 6) is 0.953. The average molecular weight is 451 g/mol.